The van der Waals surface area contributed by atoms with E-state index in [0.717, 1.165) is 0 Å². The molecule has 0 atom stereocenters. The van der Waals surface area contributed by atoms with Crippen molar-refractivity contribution in [3.05, 3.63) is 76.2 Å². The molecule has 0 fully saturated rings. The van der Waals surface area contributed by atoms with Crippen LogP contribution in [0.5, 0.6) is 0 Å². The van der Waals surface area contributed by atoms with Gasteiger partial charge >= 0.3 is 0 Å². The second-order valence-electron chi connectivity index (χ2n) is 6.91. The predicted octanol–water partition coefficient (Wildman–Crippen LogP) is 3.76. The smallest absolute Gasteiger partial charge is 0.257 e. The molecule has 2 amide bonds. The number of nitrogens with zero attached hydrogens (tertiary/aromatic N) is 2. The largest absolute Gasteiger partial charge is 0.350 e. The molecule has 1 aromatic carbocycles. The maximum atomic E-state index is 12.8. The van der Waals surface area contributed by atoms with Crippen molar-refractivity contribution in [3.63, 3.8) is 0 Å². The van der Waals surface area contributed by atoms with Crippen molar-refractivity contribution in [1.82, 2.24) is 9.55 Å². The molecule has 0 saturated heterocycles. The molecule has 0 unspecified atom stereocenters. The van der Waals surface area contributed by atoms with Crippen molar-refractivity contribution in [3.8, 4) is 0 Å². The number of aromatic nitrogens is 2. The number of rotatable bonds is 4. The molecule has 8 heteroatoms. The van der Waals surface area contributed by atoms with Crippen LogP contribution in [0.2, 0.25) is 5.02 Å². The number of hydrogen-bond donors (Lipinski definition) is 2. The molecule has 3 aromatic rings. The average Bonchev–Trinajstić information content (AvgIpc) is 3.21. The van der Waals surface area contributed by atoms with E-state index in [1.807, 2.05) is 0 Å². The molecular formula is C22H17ClN4O3. The summed E-state index contributed by atoms with van der Waals surface area (Å²) in [4.78, 5) is 40.8. The number of pyridine rings is 1. The van der Waals surface area contributed by atoms with Gasteiger partial charge in [-0.25, -0.2) is 4.98 Å². The van der Waals surface area contributed by atoms with Gasteiger partial charge in [0.1, 0.15) is 5.82 Å². The van der Waals surface area contributed by atoms with Gasteiger partial charge in [-0.3, -0.25) is 14.4 Å². The second-order valence-corrected chi connectivity index (χ2v) is 7.35. The van der Waals surface area contributed by atoms with Crippen LogP contribution in [0.4, 0.5) is 11.5 Å². The van der Waals surface area contributed by atoms with Gasteiger partial charge in [0.15, 0.2) is 5.78 Å². The van der Waals surface area contributed by atoms with E-state index < -0.39 is 0 Å². The number of carbonyl (C=O) groups excluding carboxylic acids is 3. The van der Waals surface area contributed by atoms with E-state index in [2.05, 4.69) is 15.6 Å². The Morgan fingerprint density at radius 3 is 2.60 bits per heavy atom. The van der Waals surface area contributed by atoms with Crippen molar-refractivity contribution in [1.29, 1.82) is 0 Å². The van der Waals surface area contributed by atoms with Crippen molar-refractivity contribution in [2.45, 2.75) is 6.92 Å². The highest BCUT2D eigenvalue weighted by Gasteiger charge is 2.26. The van der Waals surface area contributed by atoms with Crippen LogP contribution in [0, 0.1) is 0 Å². The molecule has 4 rings (SSSR count). The van der Waals surface area contributed by atoms with Crippen LogP contribution >= 0.6 is 11.6 Å². The number of fused-ring (bicyclic) bond motifs is 1. The number of nitrogens with one attached hydrogen (secondary N) is 2. The lowest BCUT2D eigenvalue weighted by Gasteiger charge is -2.04. The van der Waals surface area contributed by atoms with Crippen LogP contribution in [0.15, 0.2) is 48.8 Å². The normalized spacial score (nSPS) is 13.8. The molecule has 0 saturated carbocycles. The lowest BCUT2D eigenvalue weighted by molar-refractivity contribution is -0.114. The number of carbonyl (C=O) groups is 3. The quantitative estimate of drug-likeness (QED) is 0.496. The molecule has 0 spiro atoms. The summed E-state index contributed by atoms with van der Waals surface area (Å²) in [5, 5.41) is 5.93. The molecule has 1 aliphatic rings. The molecule has 2 aromatic heterocycles. The predicted molar refractivity (Wildman–Crippen MR) is 115 cm³/mol. The fourth-order valence-electron chi connectivity index (χ4n) is 3.25. The van der Waals surface area contributed by atoms with Gasteiger partial charge in [-0.05, 0) is 42.5 Å². The summed E-state index contributed by atoms with van der Waals surface area (Å²) in [5.74, 6) is -0.249. The first-order valence-corrected chi connectivity index (χ1v) is 9.47. The van der Waals surface area contributed by atoms with Gasteiger partial charge in [-0.2, -0.15) is 0 Å². The molecule has 150 valence electrons. The van der Waals surface area contributed by atoms with Crippen molar-refractivity contribution < 1.29 is 14.4 Å². The Labute approximate surface area is 177 Å². The number of amides is 2. The highest BCUT2D eigenvalue weighted by molar-refractivity contribution is 6.34. The Morgan fingerprint density at radius 1 is 1.17 bits per heavy atom. The summed E-state index contributed by atoms with van der Waals surface area (Å²) in [7, 11) is 1.80. The fourth-order valence-corrected chi connectivity index (χ4v) is 3.37. The minimum absolute atomic E-state index is 0.141. The molecule has 1 aliphatic heterocycles. The molecule has 30 heavy (non-hydrogen) atoms. The van der Waals surface area contributed by atoms with Crippen LogP contribution in [0.1, 0.15) is 34.1 Å². The SMILES string of the molecule is CC(=O)Nc1cnc2c(c1)C(=Cc1cc(C(=O)c3ccc(Cl)cc3)cn1C)C(=O)N2. The van der Waals surface area contributed by atoms with Crippen molar-refractivity contribution in [2.75, 3.05) is 10.6 Å². The van der Waals surface area contributed by atoms with Crippen molar-refractivity contribution in [2.24, 2.45) is 7.05 Å². The number of ketones is 1. The highest BCUT2D eigenvalue weighted by atomic mass is 35.5. The highest BCUT2D eigenvalue weighted by Crippen LogP contribution is 2.33. The van der Waals surface area contributed by atoms with Gasteiger partial charge in [-0.1, -0.05) is 11.6 Å². The standard InChI is InChI=1S/C22H17ClN4O3/c1-12(28)25-16-8-18-19(22(30)26-21(18)24-10-16)9-17-7-14(11-27(17)2)20(29)13-3-5-15(23)6-4-13/h3-11H,1-2H3,(H,25,28)(H,24,26,30). The van der Waals surface area contributed by atoms with Crippen LogP contribution < -0.4 is 10.6 Å². The Kier molecular flexibility index (Phi) is 4.97. The monoisotopic (exact) mass is 420 g/mol. The summed E-state index contributed by atoms with van der Waals surface area (Å²) in [5.41, 5.74) is 3.17. The molecule has 0 aliphatic carbocycles. The van der Waals surface area contributed by atoms with Gasteiger partial charge in [0.2, 0.25) is 5.91 Å². The third-order valence-electron chi connectivity index (χ3n) is 4.68. The first kappa shape index (κ1) is 19.6. The Balaban J connectivity index is 1.69. The molecule has 0 radical (unpaired) electrons. The van der Waals surface area contributed by atoms with Gasteiger partial charge in [0, 0.05) is 47.6 Å². The van der Waals surface area contributed by atoms with E-state index in [1.165, 1.54) is 13.1 Å². The van der Waals surface area contributed by atoms with Crippen LogP contribution in [0.25, 0.3) is 11.6 Å². The fraction of sp³-hybridized carbons (Fsp3) is 0.0909. The van der Waals surface area contributed by atoms with Gasteiger partial charge in [0.05, 0.1) is 17.5 Å². The van der Waals surface area contributed by atoms with E-state index in [0.29, 0.717) is 44.5 Å². The lowest BCUT2D eigenvalue weighted by atomic mass is 10.0. The Bertz CT molecular complexity index is 1230. The zero-order chi connectivity index (χ0) is 21.4. The minimum Gasteiger partial charge on any atom is -0.350 e. The number of aryl methyl sites for hydroxylation is 1. The molecule has 7 nitrogen and oxygen atoms in total. The molecule has 3 heterocycles. The topological polar surface area (TPSA) is 93.1 Å². The summed E-state index contributed by atoms with van der Waals surface area (Å²) < 4.78 is 1.77. The summed E-state index contributed by atoms with van der Waals surface area (Å²) in [6, 6.07) is 10.1. The first-order valence-electron chi connectivity index (χ1n) is 9.09. The van der Waals surface area contributed by atoms with Gasteiger partial charge in [-0.15, -0.1) is 0 Å². The number of benzene rings is 1. The van der Waals surface area contributed by atoms with E-state index in [-0.39, 0.29) is 17.6 Å². The first-order chi connectivity index (χ1) is 14.3. The molecule has 0 bridgehead atoms. The Morgan fingerprint density at radius 2 is 1.90 bits per heavy atom. The number of anilines is 2. The number of hydrogen-bond acceptors (Lipinski definition) is 4. The van der Waals surface area contributed by atoms with E-state index >= 15 is 0 Å². The maximum Gasteiger partial charge on any atom is 0.257 e. The zero-order valence-electron chi connectivity index (χ0n) is 16.2. The van der Waals surface area contributed by atoms with E-state index in [1.54, 1.807) is 60.3 Å². The van der Waals surface area contributed by atoms with Gasteiger partial charge in [0.25, 0.3) is 5.91 Å². The van der Waals surface area contributed by atoms with Crippen LogP contribution in [-0.2, 0) is 16.6 Å². The zero-order valence-corrected chi connectivity index (χ0v) is 16.9. The van der Waals surface area contributed by atoms with Crippen molar-refractivity contribution >= 4 is 52.4 Å². The summed E-state index contributed by atoms with van der Waals surface area (Å²) >= 11 is 5.89. The number of halogens is 1. The van der Waals surface area contributed by atoms with Crippen LogP contribution in [0.3, 0.4) is 0 Å². The van der Waals surface area contributed by atoms with Gasteiger partial charge < -0.3 is 15.2 Å². The third-order valence-corrected chi connectivity index (χ3v) is 4.93. The molecular weight excluding hydrogens is 404 g/mol. The summed E-state index contributed by atoms with van der Waals surface area (Å²) in [6.45, 7) is 1.40. The Hall–Kier alpha value is -3.71. The minimum atomic E-state index is -0.302. The van der Waals surface area contributed by atoms with E-state index in [9.17, 15) is 14.4 Å². The average molecular weight is 421 g/mol. The lowest BCUT2D eigenvalue weighted by Crippen LogP contribution is -2.06. The second kappa shape index (κ2) is 7.61. The van der Waals surface area contributed by atoms with E-state index in [4.69, 9.17) is 11.6 Å². The maximum absolute atomic E-state index is 12.8. The van der Waals surface area contributed by atoms with Crippen LogP contribution in [-0.4, -0.2) is 27.1 Å². The molecule has 2 N–H and O–H groups in total. The summed E-state index contributed by atoms with van der Waals surface area (Å²) in [6.07, 6.45) is 4.89. The third kappa shape index (κ3) is 3.75.